The van der Waals surface area contributed by atoms with Crippen LogP contribution in [-0.4, -0.2) is 11.9 Å². The predicted octanol–water partition coefficient (Wildman–Crippen LogP) is 3.02. The molecule has 1 unspecified atom stereocenters. The zero-order valence-corrected chi connectivity index (χ0v) is 10.6. The normalized spacial score (nSPS) is 16.1. The molecule has 1 aliphatic rings. The Morgan fingerprint density at radius 2 is 2.40 bits per heavy atom. The summed E-state index contributed by atoms with van der Waals surface area (Å²) in [5.74, 6) is 2.24. The van der Waals surface area contributed by atoms with Gasteiger partial charge in [0, 0.05) is 22.4 Å². The summed E-state index contributed by atoms with van der Waals surface area (Å²) in [4.78, 5) is 14.1. The number of thiophene rings is 1. The SMILES string of the molecule is CCC(C)NC(=O)c1cc2c(s1)CSC2. The summed E-state index contributed by atoms with van der Waals surface area (Å²) in [6.07, 6.45) is 0.979. The maximum Gasteiger partial charge on any atom is 0.261 e. The minimum Gasteiger partial charge on any atom is -0.349 e. The molecule has 4 heteroatoms. The van der Waals surface area contributed by atoms with Gasteiger partial charge in [0.15, 0.2) is 0 Å². The lowest BCUT2D eigenvalue weighted by Gasteiger charge is -2.09. The maximum absolute atomic E-state index is 11.8. The van der Waals surface area contributed by atoms with Crippen molar-refractivity contribution in [3.05, 3.63) is 21.4 Å². The first-order chi connectivity index (χ1) is 7.20. The van der Waals surface area contributed by atoms with Crippen LogP contribution in [-0.2, 0) is 11.5 Å². The summed E-state index contributed by atoms with van der Waals surface area (Å²) in [6, 6.07) is 2.32. The average Bonchev–Trinajstić information content (AvgIpc) is 2.76. The minimum atomic E-state index is 0.0914. The molecule has 0 saturated carbocycles. The number of amides is 1. The van der Waals surface area contributed by atoms with Crippen molar-refractivity contribution in [1.82, 2.24) is 5.32 Å². The third kappa shape index (κ3) is 2.37. The van der Waals surface area contributed by atoms with Crippen molar-refractivity contribution < 1.29 is 4.79 Å². The molecule has 1 aromatic rings. The van der Waals surface area contributed by atoms with Gasteiger partial charge in [-0.15, -0.1) is 11.3 Å². The summed E-state index contributed by atoms with van der Waals surface area (Å²) in [5.41, 5.74) is 1.36. The van der Waals surface area contributed by atoms with E-state index in [0.29, 0.717) is 0 Å². The molecule has 82 valence electrons. The molecule has 2 nitrogen and oxygen atoms in total. The van der Waals surface area contributed by atoms with Gasteiger partial charge in [-0.2, -0.15) is 11.8 Å². The van der Waals surface area contributed by atoms with Gasteiger partial charge in [0.05, 0.1) is 4.88 Å². The number of thioether (sulfide) groups is 1. The number of hydrogen-bond acceptors (Lipinski definition) is 3. The molecular weight excluding hydrogens is 226 g/mol. The van der Waals surface area contributed by atoms with Crippen LogP contribution in [0, 0.1) is 0 Å². The van der Waals surface area contributed by atoms with Crippen molar-refractivity contribution >= 4 is 29.0 Å². The van der Waals surface area contributed by atoms with Gasteiger partial charge >= 0.3 is 0 Å². The standard InChI is InChI=1S/C11H15NOS2/c1-3-7(2)12-11(13)9-4-8-5-14-6-10(8)15-9/h4,7H,3,5-6H2,1-2H3,(H,12,13). The van der Waals surface area contributed by atoms with Crippen LogP contribution in [0.4, 0.5) is 0 Å². The monoisotopic (exact) mass is 241 g/mol. The molecule has 15 heavy (non-hydrogen) atoms. The van der Waals surface area contributed by atoms with Crippen molar-refractivity contribution in [2.45, 2.75) is 37.8 Å². The fraction of sp³-hybridized carbons (Fsp3) is 0.545. The van der Waals surface area contributed by atoms with E-state index < -0.39 is 0 Å². The molecule has 0 radical (unpaired) electrons. The second kappa shape index (κ2) is 4.58. The predicted molar refractivity (Wildman–Crippen MR) is 66.5 cm³/mol. The quantitative estimate of drug-likeness (QED) is 0.881. The Labute approximate surface area is 98.5 Å². The Bertz CT molecular complexity index is 351. The molecule has 0 bridgehead atoms. The Morgan fingerprint density at radius 3 is 3.07 bits per heavy atom. The summed E-state index contributed by atoms with van der Waals surface area (Å²) in [5, 5.41) is 3.00. The van der Waals surface area contributed by atoms with Gasteiger partial charge < -0.3 is 5.32 Å². The third-order valence-electron chi connectivity index (χ3n) is 2.60. The first kappa shape index (κ1) is 11.0. The second-order valence-corrected chi connectivity index (χ2v) is 5.96. The highest BCUT2D eigenvalue weighted by Crippen LogP contribution is 2.36. The molecule has 2 heterocycles. The van der Waals surface area contributed by atoms with E-state index >= 15 is 0 Å². The molecule has 1 aliphatic heterocycles. The van der Waals surface area contributed by atoms with Gasteiger partial charge in [-0.3, -0.25) is 4.79 Å². The Hall–Kier alpha value is -0.480. The minimum absolute atomic E-state index is 0.0914. The number of rotatable bonds is 3. The van der Waals surface area contributed by atoms with Crippen molar-refractivity contribution in [2.75, 3.05) is 0 Å². The fourth-order valence-corrected chi connectivity index (χ4v) is 3.88. The van der Waals surface area contributed by atoms with Gasteiger partial charge in [-0.1, -0.05) is 6.92 Å². The number of fused-ring (bicyclic) bond motifs is 1. The molecule has 0 saturated heterocycles. The molecule has 1 atom stereocenters. The highest BCUT2D eigenvalue weighted by molar-refractivity contribution is 7.98. The Morgan fingerprint density at radius 1 is 1.60 bits per heavy atom. The first-order valence-corrected chi connectivity index (χ1v) is 7.18. The van der Waals surface area contributed by atoms with E-state index in [9.17, 15) is 4.79 Å². The molecule has 1 aromatic heterocycles. The first-order valence-electron chi connectivity index (χ1n) is 5.21. The molecule has 0 spiro atoms. The topological polar surface area (TPSA) is 29.1 Å². The van der Waals surface area contributed by atoms with Crippen LogP contribution in [0.5, 0.6) is 0 Å². The van der Waals surface area contributed by atoms with Crippen molar-refractivity contribution in [1.29, 1.82) is 0 Å². The zero-order valence-electron chi connectivity index (χ0n) is 9.00. The van der Waals surface area contributed by atoms with Crippen molar-refractivity contribution in [3.8, 4) is 0 Å². The summed E-state index contributed by atoms with van der Waals surface area (Å²) >= 11 is 3.58. The van der Waals surface area contributed by atoms with Gasteiger partial charge in [0.2, 0.25) is 0 Å². The summed E-state index contributed by atoms with van der Waals surface area (Å²) < 4.78 is 0. The van der Waals surface area contributed by atoms with Crippen LogP contribution < -0.4 is 5.32 Å². The van der Waals surface area contributed by atoms with Gasteiger partial charge in [0.25, 0.3) is 5.91 Å². The Kier molecular flexibility index (Phi) is 3.36. The van der Waals surface area contributed by atoms with E-state index in [1.54, 1.807) is 11.3 Å². The number of hydrogen-bond donors (Lipinski definition) is 1. The molecule has 1 N–H and O–H groups in total. The van der Waals surface area contributed by atoms with Crippen LogP contribution in [0.15, 0.2) is 6.07 Å². The lowest BCUT2D eigenvalue weighted by molar-refractivity contribution is 0.0943. The lowest BCUT2D eigenvalue weighted by atomic mass is 10.2. The summed E-state index contributed by atoms with van der Waals surface area (Å²) in [7, 11) is 0. The smallest absolute Gasteiger partial charge is 0.261 e. The van der Waals surface area contributed by atoms with E-state index in [-0.39, 0.29) is 11.9 Å². The molecule has 1 amide bonds. The maximum atomic E-state index is 11.8. The van der Waals surface area contributed by atoms with Crippen LogP contribution >= 0.6 is 23.1 Å². The van der Waals surface area contributed by atoms with Gasteiger partial charge in [0.1, 0.15) is 0 Å². The highest BCUT2D eigenvalue weighted by atomic mass is 32.2. The Balaban J connectivity index is 2.06. The fourth-order valence-electron chi connectivity index (χ4n) is 1.47. The molecule has 0 aromatic carbocycles. The van der Waals surface area contributed by atoms with E-state index in [1.807, 2.05) is 18.7 Å². The number of nitrogens with one attached hydrogen (secondary N) is 1. The van der Waals surface area contributed by atoms with Crippen LogP contribution in [0.25, 0.3) is 0 Å². The molecular formula is C11H15NOS2. The van der Waals surface area contributed by atoms with Crippen LogP contribution in [0.3, 0.4) is 0 Å². The van der Waals surface area contributed by atoms with Gasteiger partial charge in [-0.05, 0) is 25.0 Å². The van der Waals surface area contributed by atoms with Crippen LogP contribution in [0.1, 0.15) is 40.4 Å². The molecule has 2 rings (SSSR count). The van der Waals surface area contributed by atoms with Crippen LogP contribution in [0.2, 0.25) is 0 Å². The largest absolute Gasteiger partial charge is 0.349 e. The molecule has 0 fully saturated rings. The van der Waals surface area contributed by atoms with Crippen molar-refractivity contribution in [2.24, 2.45) is 0 Å². The number of carbonyl (C=O) groups excluding carboxylic acids is 1. The van der Waals surface area contributed by atoms with E-state index in [0.717, 1.165) is 22.8 Å². The molecule has 0 aliphatic carbocycles. The van der Waals surface area contributed by atoms with Crippen molar-refractivity contribution in [3.63, 3.8) is 0 Å². The van der Waals surface area contributed by atoms with E-state index in [1.165, 1.54) is 10.4 Å². The average molecular weight is 241 g/mol. The van der Waals surface area contributed by atoms with E-state index in [2.05, 4.69) is 18.3 Å². The third-order valence-corrected chi connectivity index (χ3v) is 4.97. The number of carbonyl (C=O) groups is 1. The highest BCUT2D eigenvalue weighted by Gasteiger charge is 2.19. The second-order valence-electron chi connectivity index (χ2n) is 3.83. The zero-order chi connectivity index (χ0) is 10.8. The lowest BCUT2D eigenvalue weighted by Crippen LogP contribution is -2.31. The summed E-state index contributed by atoms with van der Waals surface area (Å²) in [6.45, 7) is 4.12. The van der Waals surface area contributed by atoms with Gasteiger partial charge in [-0.25, -0.2) is 0 Å². The van der Waals surface area contributed by atoms with E-state index in [4.69, 9.17) is 0 Å².